The number of hydrogen-bond donors (Lipinski definition) is 6. The summed E-state index contributed by atoms with van der Waals surface area (Å²) in [4.78, 5) is 86.8. The number of amides is 6. The van der Waals surface area contributed by atoms with Crippen molar-refractivity contribution in [2.45, 2.75) is 162 Å². The number of rotatable bonds is 20. The van der Waals surface area contributed by atoms with Crippen LogP contribution in [0.1, 0.15) is 135 Å². The van der Waals surface area contributed by atoms with Crippen molar-refractivity contribution in [1.82, 2.24) is 71.7 Å². The summed E-state index contributed by atoms with van der Waals surface area (Å²) in [5, 5.41) is 35.9. The Bertz CT molecular complexity index is 2350. The topological polar surface area (TPSA) is 242 Å². The standard InChI is InChI=1S/C53H78N14O6/c1-32(36-20-15-13-16-21-36)56-48(70)42-26-40(30-64(42)50(72)44(52(5,6)7)58-46(68)34(3)54-11)66-28-38(60-62-66)24-19-25-39-29-67(63-61-39)41-27-43(49(71)57-33(2)37-22-17-14-18-23-37)65(31-41)51(73)45(53(8,9)10)59-47(69)35(4)55-12/h13-18,20-23,28-29,32-35,40-45,54-55H,19,24-27,30-31H2,1-12H3,(H,56,70)(H,57,71)(H,58,68)(H,59,69)/t32-,33-,34+,35+,40+,41+,42+,43+,44-,45-/m1/s1. The third kappa shape index (κ3) is 14.0. The number of carbonyl (C=O) groups is 6. The molecule has 6 N–H and O–H groups in total. The van der Waals surface area contributed by atoms with Gasteiger partial charge >= 0.3 is 0 Å². The molecule has 4 aromatic rings. The van der Waals surface area contributed by atoms with Crippen molar-refractivity contribution in [2.24, 2.45) is 10.8 Å². The molecule has 2 aliphatic heterocycles. The number of nitrogens with one attached hydrogen (secondary N) is 6. The lowest BCUT2D eigenvalue weighted by atomic mass is 9.85. The van der Waals surface area contributed by atoms with Crippen LogP contribution in [0.15, 0.2) is 73.1 Å². The lowest BCUT2D eigenvalue weighted by Gasteiger charge is -2.36. The van der Waals surface area contributed by atoms with E-state index in [4.69, 9.17) is 0 Å². The zero-order chi connectivity index (χ0) is 53.4. The van der Waals surface area contributed by atoms with Crippen LogP contribution in [0.4, 0.5) is 0 Å². The lowest BCUT2D eigenvalue weighted by Crippen LogP contribution is -2.59. The highest BCUT2D eigenvalue weighted by atomic mass is 16.2. The van der Waals surface area contributed by atoms with Gasteiger partial charge in [0.1, 0.15) is 24.2 Å². The molecule has 0 aliphatic carbocycles. The zero-order valence-electron chi connectivity index (χ0n) is 44.7. The number of likely N-dealkylation sites (tertiary alicyclic amines) is 2. The van der Waals surface area contributed by atoms with Crippen LogP contribution in [0.3, 0.4) is 0 Å². The molecule has 0 radical (unpaired) electrons. The van der Waals surface area contributed by atoms with E-state index in [9.17, 15) is 28.8 Å². The Morgan fingerprint density at radius 1 is 0.562 bits per heavy atom. The van der Waals surface area contributed by atoms with Crippen molar-refractivity contribution in [3.8, 4) is 0 Å². The van der Waals surface area contributed by atoms with Crippen molar-refractivity contribution in [3.05, 3.63) is 95.6 Å². The minimum absolute atomic E-state index is 0.187. The van der Waals surface area contributed by atoms with Crippen LogP contribution in [0.25, 0.3) is 0 Å². The van der Waals surface area contributed by atoms with Crippen LogP contribution in [0, 0.1) is 10.8 Å². The molecule has 6 amide bonds. The monoisotopic (exact) mass is 1010 g/mol. The highest BCUT2D eigenvalue weighted by Gasteiger charge is 2.48. The molecule has 0 bridgehead atoms. The Morgan fingerprint density at radius 2 is 0.918 bits per heavy atom. The van der Waals surface area contributed by atoms with Gasteiger partial charge in [0.15, 0.2) is 0 Å². The maximum absolute atomic E-state index is 14.6. The van der Waals surface area contributed by atoms with Gasteiger partial charge in [-0.3, -0.25) is 28.8 Å². The smallest absolute Gasteiger partial charge is 0.246 e. The number of aromatic nitrogens is 6. The minimum atomic E-state index is -0.905. The first kappa shape index (κ1) is 55.8. The number of carbonyl (C=O) groups excluding carboxylic acids is 6. The summed E-state index contributed by atoms with van der Waals surface area (Å²) >= 11 is 0. The van der Waals surface area contributed by atoms with Crippen molar-refractivity contribution in [1.29, 1.82) is 0 Å². The van der Waals surface area contributed by atoms with Crippen molar-refractivity contribution in [2.75, 3.05) is 27.2 Å². The highest BCUT2D eigenvalue weighted by molar-refractivity contribution is 5.95. The summed E-state index contributed by atoms with van der Waals surface area (Å²) in [5.74, 6) is -1.93. The van der Waals surface area contributed by atoms with Gasteiger partial charge in [-0.2, -0.15) is 0 Å². The van der Waals surface area contributed by atoms with Gasteiger partial charge in [0.25, 0.3) is 0 Å². The summed E-state index contributed by atoms with van der Waals surface area (Å²) in [5.41, 5.74) is 1.98. The Labute approximate surface area is 429 Å². The molecule has 20 nitrogen and oxygen atoms in total. The van der Waals surface area contributed by atoms with Gasteiger partial charge in [0.05, 0.1) is 47.6 Å². The molecular formula is C53H78N14O6. The molecule has 73 heavy (non-hydrogen) atoms. The molecule has 2 aromatic carbocycles. The fourth-order valence-corrected chi connectivity index (χ4v) is 9.35. The fourth-order valence-electron chi connectivity index (χ4n) is 9.35. The molecule has 4 heterocycles. The van der Waals surface area contributed by atoms with Gasteiger partial charge < -0.3 is 41.7 Å². The predicted octanol–water partition coefficient (Wildman–Crippen LogP) is 3.36. The number of hydrogen-bond acceptors (Lipinski definition) is 12. The number of nitrogens with zero attached hydrogens (tertiary/aromatic N) is 8. The SMILES string of the molecule is CN[C@@H](C)C(=O)N[C@H](C(=O)N1C[C@@H](n2cc(CCCc3cn([C@H]4C[C@@H](C(=O)N[C@H](C)c5ccccc5)N(C(=O)[C@@H](NC(=O)[C@H](C)NC)C(C)(C)C)C4)nn3)nn2)C[C@H]1C(=O)N[C@H](C)c1ccccc1)C(C)(C)C. The van der Waals surface area contributed by atoms with Gasteiger partial charge in [-0.05, 0) is 83.0 Å². The van der Waals surface area contributed by atoms with Crippen molar-refractivity contribution >= 4 is 35.4 Å². The molecule has 2 saturated heterocycles. The average molecular weight is 1010 g/mol. The predicted molar refractivity (Wildman–Crippen MR) is 276 cm³/mol. The summed E-state index contributed by atoms with van der Waals surface area (Å²) in [6.45, 7) is 19.0. The highest BCUT2D eigenvalue weighted by Crippen LogP contribution is 2.34. The first-order chi connectivity index (χ1) is 34.5. The minimum Gasteiger partial charge on any atom is -0.348 e. The number of likely N-dealkylation sites (N-methyl/N-ethyl adjacent to an activating group) is 2. The zero-order valence-corrected chi connectivity index (χ0v) is 44.7. The molecule has 0 unspecified atom stereocenters. The first-order valence-electron chi connectivity index (χ1n) is 25.6. The van der Waals surface area contributed by atoms with E-state index < -0.39 is 47.1 Å². The van der Waals surface area contributed by atoms with E-state index >= 15 is 0 Å². The molecule has 6 rings (SSSR count). The summed E-state index contributed by atoms with van der Waals surface area (Å²) in [6, 6.07) is 13.4. The summed E-state index contributed by atoms with van der Waals surface area (Å²) in [6.07, 6.45) is 6.07. The van der Waals surface area contributed by atoms with Gasteiger partial charge in [-0.15, -0.1) is 10.2 Å². The molecule has 0 spiro atoms. The second kappa shape index (κ2) is 24.0. The molecule has 0 saturated carbocycles. The van der Waals surface area contributed by atoms with Crippen LogP contribution >= 0.6 is 0 Å². The molecule has 2 aliphatic rings. The van der Waals surface area contributed by atoms with E-state index in [2.05, 4.69) is 52.5 Å². The fraction of sp³-hybridized carbons (Fsp3) is 0.585. The van der Waals surface area contributed by atoms with E-state index in [0.29, 0.717) is 32.1 Å². The van der Waals surface area contributed by atoms with Crippen LogP contribution < -0.4 is 31.9 Å². The molecule has 2 fully saturated rings. The van der Waals surface area contributed by atoms with E-state index in [1.807, 2.05) is 128 Å². The second-order valence-electron chi connectivity index (χ2n) is 21.9. The van der Waals surface area contributed by atoms with Gasteiger partial charge in [0, 0.05) is 38.3 Å². The Hall–Kier alpha value is -6.54. The maximum atomic E-state index is 14.6. The molecule has 2 aromatic heterocycles. The van der Waals surface area contributed by atoms with Gasteiger partial charge in [0.2, 0.25) is 35.4 Å². The Kier molecular flexibility index (Phi) is 18.3. The van der Waals surface area contributed by atoms with E-state index in [0.717, 1.165) is 22.5 Å². The molecule has 396 valence electrons. The Balaban J connectivity index is 1.14. The first-order valence-corrected chi connectivity index (χ1v) is 25.6. The second-order valence-corrected chi connectivity index (χ2v) is 21.9. The van der Waals surface area contributed by atoms with Crippen LogP contribution in [-0.4, -0.2) is 139 Å². The normalized spacial score (nSPS) is 20.6. The van der Waals surface area contributed by atoms with Gasteiger partial charge in [-0.25, -0.2) is 9.36 Å². The third-order valence-electron chi connectivity index (χ3n) is 14.2. The average Bonchev–Trinajstić information content (AvgIpc) is 4.21. The number of benzene rings is 2. The van der Waals surface area contributed by atoms with Crippen molar-refractivity contribution < 1.29 is 28.8 Å². The molecule has 20 heteroatoms. The largest absolute Gasteiger partial charge is 0.348 e. The quantitative estimate of drug-likeness (QED) is 0.0747. The number of aryl methyl sites for hydroxylation is 2. The van der Waals surface area contributed by atoms with Crippen LogP contribution in [0.5, 0.6) is 0 Å². The third-order valence-corrected chi connectivity index (χ3v) is 14.2. The molecular weight excluding hydrogens is 929 g/mol. The van der Waals surface area contributed by atoms with E-state index in [-0.39, 0.29) is 72.7 Å². The van der Waals surface area contributed by atoms with E-state index in [1.165, 1.54) is 0 Å². The summed E-state index contributed by atoms with van der Waals surface area (Å²) < 4.78 is 3.45. The van der Waals surface area contributed by atoms with Crippen LogP contribution in [0.2, 0.25) is 0 Å². The van der Waals surface area contributed by atoms with Crippen LogP contribution in [-0.2, 0) is 41.6 Å². The van der Waals surface area contributed by atoms with Crippen molar-refractivity contribution in [3.63, 3.8) is 0 Å². The Morgan fingerprint density at radius 3 is 1.25 bits per heavy atom. The maximum Gasteiger partial charge on any atom is 0.246 e. The lowest BCUT2D eigenvalue weighted by molar-refractivity contribution is -0.144. The summed E-state index contributed by atoms with van der Waals surface area (Å²) in [7, 11) is 3.36. The van der Waals surface area contributed by atoms with Gasteiger partial charge in [-0.1, -0.05) is 113 Å². The van der Waals surface area contributed by atoms with E-state index in [1.54, 1.807) is 47.1 Å². The molecule has 10 atom stereocenters.